The van der Waals surface area contributed by atoms with Crippen LogP contribution >= 0.6 is 11.8 Å². The second-order valence-electron chi connectivity index (χ2n) is 7.37. The number of nitrogens with one attached hydrogen (secondary N) is 1. The van der Waals surface area contributed by atoms with Crippen LogP contribution < -0.4 is 10.2 Å². The van der Waals surface area contributed by atoms with Gasteiger partial charge in [-0.05, 0) is 29.8 Å². The minimum Gasteiger partial charge on any atom is -0.378 e. The Morgan fingerprint density at radius 1 is 1.03 bits per heavy atom. The van der Waals surface area contributed by atoms with Crippen molar-refractivity contribution in [1.82, 2.24) is 14.8 Å². The number of anilines is 2. The van der Waals surface area contributed by atoms with Gasteiger partial charge in [0.05, 0.1) is 31.1 Å². The van der Waals surface area contributed by atoms with Gasteiger partial charge in [-0.1, -0.05) is 42.1 Å². The van der Waals surface area contributed by atoms with Crippen LogP contribution in [0.3, 0.4) is 0 Å². The highest BCUT2D eigenvalue weighted by molar-refractivity contribution is 7.99. The van der Waals surface area contributed by atoms with E-state index in [0.717, 1.165) is 17.7 Å². The molecule has 1 aliphatic rings. The zero-order chi connectivity index (χ0) is 23.3. The van der Waals surface area contributed by atoms with Crippen molar-refractivity contribution in [2.45, 2.75) is 17.9 Å². The summed E-state index contributed by atoms with van der Waals surface area (Å²) >= 11 is 1.23. The van der Waals surface area contributed by atoms with Crippen molar-refractivity contribution in [2.24, 2.45) is 0 Å². The normalized spacial score (nSPS) is 14.3. The van der Waals surface area contributed by atoms with Gasteiger partial charge in [-0.25, -0.2) is 0 Å². The molecule has 0 saturated carbocycles. The molecule has 0 atom stereocenters. The summed E-state index contributed by atoms with van der Waals surface area (Å²) in [6.45, 7) is 3.16. The van der Waals surface area contributed by atoms with Crippen LogP contribution in [0.5, 0.6) is 0 Å². The van der Waals surface area contributed by atoms with Crippen molar-refractivity contribution < 1.29 is 22.7 Å². The minimum atomic E-state index is -4.42. The van der Waals surface area contributed by atoms with Crippen LogP contribution in [0.15, 0.2) is 59.8 Å². The lowest BCUT2D eigenvalue weighted by molar-refractivity contribution is -0.137. The molecule has 2 aromatic carbocycles. The summed E-state index contributed by atoms with van der Waals surface area (Å²) in [5.41, 5.74) is 0.607. The third-order valence-electron chi connectivity index (χ3n) is 5.00. The molecule has 0 radical (unpaired) electrons. The van der Waals surface area contributed by atoms with Crippen LogP contribution in [0.1, 0.15) is 11.1 Å². The molecule has 0 bridgehead atoms. The third kappa shape index (κ3) is 6.05. The Kier molecular flexibility index (Phi) is 7.19. The van der Waals surface area contributed by atoms with Crippen LogP contribution in [0, 0.1) is 0 Å². The SMILES string of the molecule is O=C(CSc1nnc(N2CCOCC2)n1Cc1ccccc1)Nc1ccc(C(F)(F)F)cc1. The molecule has 2 heterocycles. The van der Waals surface area contributed by atoms with Gasteiger partial charge in [-0.2, -0.15) is 13.2 Å². The molecule has 0 spiro atoms. The molecule has 1 saturated heterocycles. The van der Waals surface area contributed by atoms with E-state index in [1.807, 2.05) is 34.9 Å². The number of carbonyl (C=O) groups excluding carboxylic acids is 1. The number of nitrogens with zero attached hydrogens (tertiary/aromatic N) is 4. The quantitative estimate of drug-likeness (QED) is 0.521. The van der Waals surface area contributed by atoms with E-state index in [9.17, 15) is 18.0 Å². The monoisotopic (exact) mass is 477 g/mol. The third-order valence-corrected chi connectivity index (χ3v) is 5.97. The molecule has 4 rings (SSSR count). The molecule has 1 aromatic heterocycles. The predicted octanol–water partition coefficient (Wildman–Crippen LogP) is 3.91. The van der Waals surface area contributed by atoms with Crippen molar-refractivity contribution in [1.29, 1.82) is 0 Å². The van der Waals surface area contributed by atoms with Gasteiger partial charge in [0.2, 0.25) is 11.9 Å². The fraction of sp³-hybridized carbons (Fsp3) is 0.318. The summed E-state index contributed by atoms with van der Waals surface area (Å²) in [6.07, 6.45) is -4.42. The molecule has 1 fully saturated rings. The first-order valence-electron chi connectivity index (χ1n) is 10.3. The molecular weight excluding hydrogens is 455 g/mol. The molecule has 1 amide bonds. The summed E-state index contributed by atoms with van der Waals surface area (Å²) in [6, 6.07) is 14.2. The Bertz CT molecular complexity index is 1070. The summed E-state index contributed by atoms with van der Waals surface area (Å²) in [5, 5.41) is 11.9. The maximum absolute atomic E-state index is 12.7. The largest absolute Gasteiger partial charge is 0.416 e. The molecule has 0 aliphatic carbocycles. The van der Waals surface area contributed by atoms with E-state index in [4.69, 9.17) is 4.74 Å². The number of ether oxygens (including phenoxy) is 1. The standard InChI is InChI=1S/C22H22F3N5O2S/c23-22(24,25)17-6-8-18(9-7-17)26-19(31)15-33-21-28-27-20(29-10-12-32-13-11-29)30(21)14-16-4-2-1-3-5-16/h1-9H,10-15H2,(H,26,31). The second-order valence-corrected chi connectivity index (χ2v) is 8.31. The lowest BCUT2D eigenvalue weighted by atomic mass is 10.2. The van der Waals surface area contributed by atoms with Crippen LogP contribution in [0.25, 0.3) is 0 Å². The average Bonchev–Trinajstić information content (AvgIpc) is 3.21. The first-order valence-corrected chi connectivity index (χ1v) is 11.3. The maximum atomic E-state index is 12.7. The number of amides is 1. The lowest BCUT2D eigenvalue weighted by Crippen LogP contribution is -2.38. The number of rotatable bonds is 7. The highest BCUT2D eigenvalue weighted by Gasteiger charge is 2.30. The van der Waals surface area contributed by atoms with E-state index in [1.54, 1.807) is 0 Å². The van der Waals surface area contributed by atoms with Crippen LogP contribution in [-0.2, 0) is 22.3 Å². The number of halogens is 3. The summed E-state index contributed by atoms with van der Waals surface area (Å²) < 4.78 is 45.5. The fourth-order valence-electron chi connectivity index (χ4n) is 3.36. The topological polar surface area (TPSA) is 72.3 Å². The predicted molar refractivity (Wildman–Crippen MR) is 119 cm³/mol. The zero-order valence-corrected chi connectivity index (χ0v) is 18.4. The number of benzene rings is 2. The van der Waals surface area contributed by atoms with Crippen LogP contribution in [0.4, 0.5) is 24.8 Å². The first-order chi connectivity index (χ1) is 15.9. The molecule has 33 heavy (non-hydrogen) atoms. The number of alkyl halides is 3. The van der Waals surface area contributed by atoms with E-state index in [2.05, 4.69) is 20.4 Å². The Morgan fingerprint density at radius 2 is 1.73 bits per heavy atom. The number of hydrogen-bond acceptors (Lipinski definition) is 6. The summed E-state index contributed by atoms with van der Waals surface area (Å²) in [7, 11) is 0. The summed E-state index contributed by atoms with van der Waals surface area (Å²) in [4.78, 5) is 14.5. The Labute approximate surface area is 192 Å². The second kappa shape index (κ2) is 10.3. The van der Waals surface area contributed by atoms with E-state index < -0.39 is 11.7 Å². The van der Waals surface area contributed by atoms with Crippen molar-refractivity contribution >= 4 is 29.3 Å². The van der Waals surface area contributed by atoms with Gasteiger partial charge in [0.1, 0.15) is 0 Å². The maximum Gasteiger partial charge on any atom is 0.416 e. The molecule has 11 heteroatoms. The van der Waals surface area contributed by atoms with Crippen molar-refractivity contribution in [3.63, 3.8) is 0 Å². The fourth-order valence-corrected chi connectivity index (χ4v) is 4.09. The molecule has 7 nitrogen and oxygen atoms in total. The number of hydrogen-bond donors (Lipinski definition) is 1. The highest BCUT2D eigenvalue weighted by Crippen LogP contribution is 2.30. The summed E-state index contributed by atoms with van der Waals surface area (Å²) in [5.74, 6) is 0.409. The molecule has 1 aliphatic heterocycles. The number of thioether (sulfide) groups is 1. The van der Waals surface area contributed by atoms with Crippen LogP contribution in [-0.4, -0.2) is 52.7 Å². The average molecular weight is 478 g/mol. The van der Waals surface area contributed by atoms with Crippen molar-refractivity contribution in [2.75, 3.05) is 42.3 Å². The number of aromatic nitrogens is 3. The van der Waals surface area contributed by atoms with Gasteiger partial charge in [0.15, 0.2) is 5.16 Å². The Morgan fingerprint density at radius 3 is 2.39 bits per heavy atom. The van der Waals surface area contributed by atoms with Crippen LogP contribution in [0.2, 0.25) is 0 Å². The van der Waals surface area contributed by atoms with Gasteiger partial charge in [-0.3, -0.25) is 9.36 Å². The molecule has 0 unspecified atom stereocenters. The number of carbonyl (C=O) groups is 1. The Balaban J connectivity index is 1.44. The molecular formula is C22H22F3N5O2S. The van der Waals surface area contributed by atoms with Gasteiger partial charge in [0.25, 0.3) is 0 Å². The van der Waals surface area contributed by atoms with E-state index in [0.29, 0.717) is 49.6 Å². The van der Waals surface area contributed by atoms with Gasteiger partial charge in [0, 0.05) is 18.8 Å². The van der Waals surface area contributed by atoms with Gasteiger partial charge in [-0.15, -0.1) is 10.2 Å². The molecule has 1 N–H and O–H groups in total. The Hall–Kier alpha value is -3.05. The van der Waals surface area contributed by atoms with E-state index >= 15 is 0 Å². The van der Waals surface area contributed by atoms with Crippen molar-refractivity contribution in [3.05, 3.63) is 65.7 Å². The zero-order valence-electron chi connectivity index (χ0n) is 17.6. The first kappa shape index (κ1) is 23.1. The van der Waals surface area contributed by atoms with Crippen molar-refractivity contribution in [3.8, 4) is 0 Å². The number of morpholine rings is 1. The van der Waals surface area contributed by atoms with E-state index in [1.165, 1.54) is 23.9 Å². The molecule has 3 aromatic rings. The van der Waals surface area contributed by atoms with Gasteiger partial charge < -0.3 is 15.0 Å². The smallest absolute Gasteiger partial charge is 0.378 e. The highest BCUT2D eigenvalue weighted by atomic mass is 32.2. The van der Waals surface area contributed by atoms with Gasteiger partial charge >= 0.3 is 6.18 Å². The van der Waals surface area contributed by atoms with E-state index in [-0.39, 0.29) is 11.7 Å². The lowest BCUT2D eigenvalue weighted by Gasteiger charge is -2.28. The minimum absolute atomic E-state index is 0.0387. The molecule has 174 valence electrons.